The minimum Gasteiger partial charge on any atom is -0.497 e. The maximum Gasteiger partial charge on any atom is 0.304 e. The lowest BCUT2D eigenvalue weighted by atomic mass is 10.3. The van der Waals surface area contributed by atoms with Crippen LogP contribution in [-0.4, -0.2) is 21.6 Å². The number of hydrogen-bond acceptors (Lipinski definition) is 4. The number of hydrogen-bond donors (Lipinski definition) is 2. The Kier molecular flexibility index (Phi) is 3.00. The van der Waals surface area contributed by atoms with E-state index < -0.39 is 0 Å². The highest BCUT2D eigenvalue weighted by molar-refractivity contribution is 7.71. The summed E-state index contributed by atoms with van der Waals surface area (Å²) in [7, 11) is 1.63. The molecule has 0 amide bonds. The Morgan fingerprint density at radius 3 is 2.95 bits per heavy atom. The summed E-state index contributed by atoms with van der Waals surface area (Å²) in [6.45, 7) is 0.532. The van der Waals surface area contributed by atoms with Gasteiger partial charge in [0.15, 0.2) is 4.77 Å². The van der Waals surface area contributed by atoms with Gasteiger partial charge in [0.05, 0.1) is 24.7 Å². The molecule has 2 heterocycles. The van der Waals surface area contributed by atoms with Crippen molar-refractivity contribution in [2.24, 2.45) is 0 Å². The first-order chi connectivity index (χ1) is 9.17. The van der Waals surface area contributed by atoms with E-state index in [2.05, 4.69) is 9.97 Å². The number of aromatic amines is 2. The Labute approximate surface area is 117 Å². The van der Waals surface area contributed by atoms with Crippen molar-refractivity contribution in [3.8, 4) is 5.75 Å². The summed E-state index contributed by atoms with van der Waals surface area (Å²) in [4.78, 5) is 17.0. The molecule has 98 valence electrons. The highest BCUT2D eigenvalue weighted by Crippen LogP contribution is 2.21. The van der Waals surface area contributed by atoms with E-state index in [1.807, 2.05) is 28.1 Å². The van der Waals surface area contributed by atoms with Crippen molar-refractivity contribution in [3.05, 3.63) is 43.7 Å². The van der Waals surface area contributed by atoms with Crippen LogP contribution in [0.1, 0.15) is 5.69 Å². The Bertz CT molecular complexity index is 840. The number of rotatable bonds is 3. The summed E-state index contributed by atoms with van der Waals surface area (Å²) in [6.07, 6.45) is 0. The highest BCUT2D eigenvalue weighted by Gasteiger charge is 2.07. The third-order valence-electron chi connectivity index (χ3n) is 2.88. The van der Waals surface area contributed by atoms with Crippen molar-refractivity contribution in [1.29, 1.82) is 0 Å². The van der Waals surface area contributed by atoms with E-state index in [4.69, 9.17) is 17.0 Å². The summed E-state index contributed by atoms with van der Waals surface area (Å²) >= 11 is 6.47. The number of benzene rings is 1. The number of nitrogens with one attached hydrogen (secondary N) is 2. The van der Waals surface area contributed by atoms with E-state index in [0.717, 1.165) is 33.8 Å². The van der Waals surface area contributed by atoms with Gasteiger partial charge in [-0.05, 0) is 24.4 Å². The van der Waals surface area contributed by atoms with Crippen LogP contribution in [0.25, 0.3) is 11.0 Å². The summed E-state index contributed by atoms with van der Waals surface area (Å²) in [5.41, 5.74) is 2.74. The summed E-state index contributed by atoms with van der Waals surface area (Å²) < 4.78 is 7.78. The van der Waals surface area contributed by atoms with Crippen LogP contribution in [0, 0.1) is 4.77 Å². The minimum absolute atomic E-state index is 0.0565. The zero-order valence-corrected chi connectivity index (χ0v) is 11.7. The van der Waals surface area contributed by atoms with E-state index in [1.165, 1.54) is 0 Å². The number of methoxy groups -OCH3 is 1. The van der Waals surface area contributed by atoms with Crippen molar-refractivity contribution < 1.29 is 4.74 Å². The van der Waals surface area contributed by atoms with Gasteiger partial charge < -0.3 is 19.3 Å². The normalized spacial score (nSPS) is 11.0. The van der Waals surface area contributed by atoms with Crippen LogP contribution >= 0.6 is 23.6 Å². The summed E-state index contributed by atoms with van der Waals surface area (Å²) in [5.74, 6) is 0.772. The lowest BCUT2D eigenvalue weighted by Gasteiger charge is -2.04. The molecule has 19 heavy (non-hydrogen) atoms. The Balaban J connectivity index is 2.13. The van der Waals surface area contributed by atoms with Crippen LogP contribution in [0.4, 0.5) is 0 Å². The average molecular weight is 293 g/mol. The fourth-order valence-electron chi connectivity index (χ4n) is 1.98. The van der Waals surface area contributed by atoms with Gasteiger partial charge in [0.2, 0.25) is 0 Å². The van der Waals surface area contributed by atoms with Crippen molar-refractivity contribution in [2.75, 3.05) is 7.11 Å². The standard InChI is InChI=1S/C12H11N3O2S2/c1-17-8-2-3-9-10(4-8)15(11(18)14-9)5-7-6-19-12(16)13-7/h2-4,6H,5H2,1H3,(H,13,16)(H,14,18). The molecule has 0 saturated carbocycles. The van der Waals surface area contributed by atoms with Gasteiger partial charge in [-0.15, -0.1) is 0 Å². The van der Waals surface area contributed by atoms with Gasteiger partial charge >= 0.3 is 4.87 Å². The van der Waals surface area contributed by atoms with Crippen molar-refractivity contribution >= 4 is 34.6 Å². The fourth-order valence-corrected chi connectivity index (χ4v) is 2.82. The molecule has 0 spiro atoms. The van der Waals surface area contributed by atoms with Crippen LogP contribution in [-0.2, 0) is 6.54 Å². The Morgan fingerprint density at radius 2 is 2.26 bits per heavy atom. The predicted octanol–water partition coefficient (Wildman–Crippen LogP) is 2.51. The molecule has 0 aliphatic carbocycles. The summed E-state index contributed by atoms with van der Waals surface area (Å²) in [6, 6.07) is 5.73. The number of thiazole rings is 1. The molecule has 5 nitrogen and oxygen atoms in total. The van der Waals surface area contributed by atoms with E-state index in [-0.39, 0.29) is 4.87 Å². The molecule has 1 aromatic carbocycles. The molecule has 0 aliphatic heterocycles. The van der Waals surface area contributed by atoms with Gasteiger partial charge in [-0.2, -0.15) is 0 Å². The molecule has 3 rings (SSSR count). The molecular weight excluding hydrogens is 282 g/mol. The van der Waals surface area contributed by atoms with Crippen LogP contribution in [0.3, 0.4) is 0 Å². The first kappa shape index (κ1) is 12.2. The molecule has 7 heteroatoms. The quantitative estimate of drug-likeness (QED) is 0.729. The minimum atomic E-state index is -0.0565. The molecule has 3 aromatic rings. The molecule has 0 fully saturated rings. The number of fused-ring (bicyclic) bond motifs is 1. The number of imidazole rings is 1. The molecule has 2 aromatic heterocycles. The first-order valence-electron chi connectivity index (χ1n) is 5.60. The van der Waals surface area contributed by atoms with Gasteiger partial charge in [-0.25, -0.2) is 0 Å². The molecule has 0 aliphatic rings. The van der Waals surface area contributed by atoms with Gasteiger partial charge in [0.25, 0.3) is 0 Å². The van der Waals surface area contributed by atoms with Crippen LogP contribution in [0.5, 0.6) is 5.75 Å². The number of aromatic nitrogens is 3. The fraction of sp³-hybridized carbons (Fsp3) is 0.167. The van der Waals surface area contributed by atoms with E-state index in [9.17, 15) is 4.79 Å². The lowest BCUT2D eigenvalue weighted by Crippen LogP contribution is -2.03. The third kappa shape index (κ3) is 2.22. The molecule has 0 radical (unpaired) electrons. The second kappa shape index (κ2) is 4.67. The zero-order chi connectivity index (χ0) is 13.4. The zero-order valence-electron chi connectivity index (χ0n) is 10.1. The van der Waals surface area contributed by atoms with E-state index in [0.29, 0.717) is 11.3 Å². The third-order valence-corrected chi connectivity index (χ3v) is 3.92. The SMILES string of the molecule is COc1ccc2[nH]c(=S)n(Cc3csc(=O)[nH]3)c2c1. The highest BCUT2D eigenvalue weighted by atomic mass is 32.1. The number of nitrogens with zero attached hydrogens (tertiary/aromatic N) is 1. The molecule has 0 saturated heterocycles. The molecule has 2 N–H and O–H groups in total. The van der Waals surface area contributed by atoms with Gasteiger partial charge in [-0.3, -0.25) is 4.79 Å². The molecule has 0 unspecified atom stereocenters. The van der Waals surface area contributed by atoms with Gasteiger partial charge in [0, 0.05) is 17.1 Å². The van der Waals surface area contributed by atoms with Crippen LogP contribution in [0.2, 0.25) is 0 Å². The summed E-state index contributed by atoms with van der Waals surface area (Å²) in [5, 5.41) is 1.81. The van der Waals surface area contributed by atoms with Crippen LogP contribution < -0.4 is 9.61 Å². The average Bonchev–Trinajstić information content (AvgIpc) is 2.94. The predicted molar refractivity (Wildman–Crippen MR) is 77.7 cm³/mol. The smallest absolute Gasteiger partial charge is 0.304 e. The molecular formula is C12H11N3O2S2. The van der Waals surface area contributed by atoms with E-state index >= 15 is 0 Å². The van der Waals surface area contributed by atoms with Crippen molar-refractivity contribution in [3.63, 3.8) is 0 Å². The lowest BCUT2D eigenvalue weighted by molar-refractivity contribution is 0.415. The number of H-pyrrole nitrogens is 2. The monoisotopic (exact) mass is 293 g/mol. The largest absolute Gasteiger partial charge is 0.497 e. The molecule has 0 atom stereocenters. The Morgan fingerprint density at radius 1 is 1.42 bits per heavy atom. The second-order valence-electron chi connectivity index (χ2n) is 4.07. The van der Waals surface area contributed by atoms with Crippen molar-refractivity contribution in [2.45, 2.75) is 6.54 Å². The maximum atomic E-state index is 11.2. The first-order valence-corrected chi connectivity index (χ1v) is 6.89. The molecule has 0 bridgehead atoms. The number of ether oxygens (including phenoxy) is 1. The second-order valence-corrected chi connectivity index (χ2v) is 5.30. The Hall–Kier alpha value is -1.86. The topological polar surface area (TPSA) is 62.8 Å². The van der Waals surface area contributed by atoms with Gasteiger partial charge in [0.1, 0.15) is 5.75 Å². The van der Waals surface area contributed by atoms with Crippen molar-refractivity contribution in [1.82, 2.24) is 14.5 Å². The van der Waals surface area contributed by atoms with Crippen LogP contribution in [0.15, 0.2) is 28.4 Å². The maximum absolute atomic E-state index is 11.2. The van der Waals surface area contributed by atoms with Gasteiger partial charge in [-0.1, -0.05) is 11.3 Å². The van der Waals surface area contributed by atoms with E-state index in [1.54, 1.807) is 7.11 Å².